The van der Waals surface area contributed by atoms with E-state index in [1.54, 1.807) is 30.3 Å². The molecule has 5 N–H and O–H groups in total. The number of primary sulfonamides is 1. The van der Waals surface area contributed by atoms with Gasteiger partial charge in [-0.25, -0.2) is 22.7 Å². The smallest absolute Gasteiger partial charge is 0.320 e. The summed E-state index contributed by atoms with van der Waals surface area (Å²) in [5.41, 5.74) is -0.331. The maximum absolute atomic E-state index is 15.0. The molecule has 1 saturated heterocycles. The quantitative estimate of drug-likeness (QED) is 0.362. The minimum atomic E-state index is -4.03. The molecule has 4 rings (SSSR count). The highest BCUT2D eigenvalue weighted by Crippen LogP contribution is 2.32. The fraction of sp³-hybridized carbons (Fsp3) is 0.167. The van der Waals surface area contributed by atoms with Gasteiger partial charge < -0.3 is 16.0 Å². The van der Waals surface area contributed by atoms with Crippen molar-refractivity contribution in [3.63, 3.8) is 0 Å². The van der Waals surface area contributed by atoms with E-state index in [-0.39, 0.29) is 21.7 Å². The van der Waals surface area contributed by atoms with Gasteiger partial charge in [-0.2, -0.15) is 11.8 Å². The van der Waals surface area contributed by atoms with Gasteiger partial charge in [0.25, 0.3) is 5.91 Å². The molecule has 3 aromatic carbocycles. The Kier molecular flexibility index (Phi) is 7.55. The SMILES string of the molecule is NS(=O)(=O)c1ccccc1-c1ccc(NC(=O)C2(NC(=O)Nc3ccc(Cl)cc3)CCSC2)c(F)c1. The number of benzene rings is 3. The monoisotopic (exact) mass is 548 g/mol. The van der Waals surface area contributed by atoms with Crippen molar-refractivity contribution < 1.29 is 22.4 Å². The molecule has 0 saturated carbocycles. The number of hydrogen-bond acceptors (Lipinski definition) is 5. The van der Waals surface area contributed by atoms with Gasteiger partial charge in [-0.15, -0.1) is 0 Å². The number of nitrogens with one attached hydrogen (secondary N) is 3. The van der Waals surface area contributed by atoms with E-state index in [4.69, 9.17) is 16.7 Å². The number of anilines is 2. The van der Waals surface area contributed by atoms with Crippen LogP contribution in [0.1, 0.15) is 6.42 Å². The summed E-state index contributed by atoms with van der Waals surface area (Å²) < 4.78 is 38.8. The summed E-state index contributed by atoms with van der Waals surface area (Å²) in [6, 6.07) is 15.8. The lowest BCUT2D eigenvalue weighted by atomic mass is 9.97. The molecule has 36 heavy (non-hydrogen) atoms. The fourth-order valence-corrected chi connectivity index (χ4v) is 6.01. The van der Waals surface area contributed by atoms with Gasteiger partial charge in [0.1, 0.15) is 11.4 Å². The Bertz CT molecular complexity index is 1410. The highest BCUT2D eigenvalue weighted by atomic mass is 35.5. The summed E-state index contributed by atoms with van der Waals surface area (Å²) in [5, 5.41) is 13.8. The van der Waals surface area contributed by atoms with E-state index < -0.39 is 33.3 Å². The van der Waals surface area contributed by atoms with E-state index in [0.29, 0.717) is 28.6 Å². The first-order chi connectivity index (χ1) is 17.1. The third-order valence-corrected chi connectivity index (χ3v) is 8.04. The van der Waals surface area contributed by atoms with E-state index in [1.807, 2.05) is 0 Å². The molecular weight excluding hydrogens is 527 g/mol. The van der Waals surface area contributed by atoms with Crippen LogP contribution in [0, 0.1) is 5.82 Å². The van der Waals surface area contributed by atoms with E-state index in [9.17, 15) is 18.0 Å². The first-order valence-electron chi connectivity index (χ1n) is 10.7. The Morgan fingerprint density at radius 3 is 2.39 bits per heavy atom. The molecule has 1 aliphatic rings. The first-order valence-corrected chi connectivity index (χ1v) is 13.8. The lowest BCUT2D eigenvalue weighted by Gasteiger charge is -2.28. The molecule has 3 aromatic rings. The van der Waals surface area contributed by atoms with Crippen molar-refractivity contribution in [3.05, 3.63) is 77.6 Å². The van der Waals surface area contributed by atoms with E-state index >= 15 is 4.39 Å². The molecule has 188 valence electrons. The fourth-order valence-electron chi connectivity index (χ4n) is 3.79. The van der Waals surface area contributed by atoms with Crippen LogP contribution in [-0.2, 0) is 14.8 Å². The molecule has 0 aromatic heterocycles. The molecule has 0 radical (unpaired) electrons. The summed E-state index contributed by atoms with van der Waals surface area (Å²) in [4.78, 5) is 25.7. The van der Waals surface area contributed by atoms with Crippen LogP contribution < -0.4 is 21.1 Å². The second-order valence-corrected chi connectivity index (χ2v) is 11.2. The van der Waals surface area contributed by atoms with Crippen molar-refractivity contribution in [2.45, 2.75) is 16.9 Å². The van der Waals surface area contributed by atoms with Crippen molar-refractivity contribution in [2.24, 2.45) is 5.14 Å². The summed E-state index contributed by atoms with van der Waals surface area (Å²) >= 11 is 7.36. The van der Waals surface area contributed by atoms with Gasteiger partial charge >= 0.3 is 6.03 Å². The molecule has 8 nitrogen and oxygen atoms in total. The number of hydrogen-bond donors (Lipinski definition) is 4. The number of thioether (sulfide) groups is 1. The van der Waals surface area contributed by atoms with Gasteiger partial charge in [0.05, 0.1) is 10.6 Å². The number of carbonyl (C=O) groups is 2. The van der Waals surface area contributed by atoms with Crippen molar-refractivity contribution >= 4 is 56.7 Å². The normalized spacial score (nSPS) is 17.4. The second-order valence-electron chi connectivity index (χ2n) is 8.16. The van der Waals surface area contributed by atoms with Crippen LogP contribution in [0.5, 0.6) is 0 Å². The Balaban J connectivity index is 1.52. The maximum atomic E-state index is 15.0. The Hall–Kier alpha value is -3.12. The molecule has 1 fully saturated rings. The zero-order chi connectivity index (χ0) is 25.9. The van der Waals surface area contributed by atoms with Gasteiger partial charge in [-0.05, 0) is 60.2 Å². The Morgan fingerprint density at radius 1 is 1.03 bits per heavy atom. The van der Waals surface area contributed by atoms with Crippen LogP contribution in [-0.4, -0.2) is 37.4 Å². The maximum Gasteiger partial charge on any atom is 0.320 e. The highest BCUT2D eigenvalue weighted by molar-refractivity contribution is 7.99. The second kappa shape index (κ2) is 10.5. The zero-order valence-corrected chi connectivity index (χ0v) is 21.1. The minimum Gasteiger partial charge on any atom is -0.322 e. The number of urea groups is 1. The average molecular weight is 549 g/mol. The first kappa shape index (κ1) is 26.0. The molecule has 1 aliphatic heterocycles. The van der Waals surface area contributed by atoms with Crippen molar-refractivity contribution in [1.82, 2.24) is 5.32 Å². The molecule has 0 aliphatic carbocycles. The summed E-state index contributed by atoms with van der Waals surface area (Å²) in [5.74, 6) is -0.374. The van der Waals surface area contributed by atoms with Crippen LogP contribution in [0.2, 0.25) is 5.02 Å². The average Bonchev–Trinajstić information content (AvgIpc) is 3.31. The third-order valence-electron chi connectivity index (χ3n) is 5.63. The lowest BCUT2D eigenvalue weighted by Crippen LogP contribution is -2.58. The predicted molar refractivity (Wildman–Crippen MR) is 140 cm³/mol. The Labute approximate surface area is 216 Å². The zero-order valence-electron chi connectivity index (χ0n) is 18.8. The molecular formula is C24H22ClFN4O4S2. The predicted octanol–water partition coefficient (Wildman–Crippen LogP) is 4.43. The summed E-state index contributed by atoms with van der Waals surface area (Å²) in [7, 11) is -4.03. The van der Waals surface area contributed by atoms with Gasteiger partial charge in [0.2, 0.25) is 10.0 Å². The van der Waals surface area contributed by atoms with Crippen LogP contribution >= 0.6 is 23.4 Å². The van der Waals surface area contributed by atoms with E-state index in [0.717, 1.165) is 6.07 Å². The van der Waals surface area contributed by atoms with Crippen molar-refractivity contribution in [2.75, 3.05) is 22.1 Å². The number of rotatable bonds is 6. The highest BCUT2D eigenvalue weighted by Gasteiger charge is 2.43. The van der Waals surface area contributed by atoms with Crippen LogP contribution in [0.3, 0.4) is 0 Å². The topological polar surface area (TPSA) is 130 Å². The molecule has 0 spiro atoms. The summed E-state index contributed by atoms with van der Waals surface area (Å²) in [6.07, 6.45) is 0.360. The van der Waals surface area contributed by atoms with Crippen LogP contribution in [0.15, 0.2) is 71.6 Å². The molecule has 1 heterocycles. The van der Waals surface area contributed by atoms with Gasteiger partial charge in [-0.3, -0.25) is 4.79 Å². The van der Waals surface area contributed by atoms with Crippen molar-refractivity contribution in [1.29, 1.82) is 0 Å². The Morgan fingerprint density at radius 2 is 1.75 bits per heavy atom. The largest absolute Gasteiger partial charge is 0.322 e. The lowest BCUT2D eigenvalue weighted by molar-refractivity contribution is -0.121. The van der Waals surface area contributed by atoms with Gasteiger partial charge in [0.15, 0.2) is 0 Å². The van der Waals surface area contributed by atoms with Gasteiger partial charge in [-0.1, -0.05) is 35.9 Å². The number of sulfonamides is 1. The van der Waals surface area contributed by atoms with Crippen LogP contribution in [0.4, 0.5) is 20.6 Å². The molecule has 1 unspecified atom stereocenters. The van der Waals surface area contributed by atoms with E-state index in [1.165, 1.54) is 42.1 Å². The third kappa shape index (κ3) is 5.81. The molecule has 12 heteroatoms. The molecule has 3 amide bonds. The van der Waals surface area contributed by atoms with E-state index in [2.05, 4.69) is 16.0 Å². The summed E-state index contributed by atoms with van der Waals surface area (Å²) in [6.45, 7) is 0. The number of amides is 3. The van der Waals surface area contributed by atoms with Crippen molar-refractivity contribution in [3.8, 4) is 11.1 Å². The van der Waals surface area contributed by atoms with Crippen LogP contribution in [0.25, 0.3) is 11.1 Å². The number of nitrogens with two attached hydrogens (primary N) is 1. The number of carbonyl (C=O) groups excluding carboxylic acids is 2. The number of halogens is 2. The molecule has 1 atom stereocenters. The standard InChI is InChI=1S/C24H22ClFN4O4S2/c25-16-6-8-17(9-7-16)28-23(32)30-24(11-12-35-14-24)22(31)29-20-10-5-15(13-19(20)26)18-3-1-2-4-21(18)36(27,33)34/h1-10,13H,11-12,14H2,(H,29,31)(H2,27,33,34)(H2,28,30,32). The molecule has 0 bridgehead atoms. The minimum absolute atomic E-state index is 0.104. The van der Waals surface area contributed by atoms with Gasteiger partial charge in [0, 0.05) is 22.0 Å².